The zero-order valence-electron chi connectivity index (χ0n) is 22.6. The average Bonchev–Trinajstić information content (AvgIpc) is 3.36. The van der Waals surface area contributed by atoms with E-state index in [2.05, 4.69) is 43.9 Å². The molecule has 0 aliphatic carbocycles. The Balaban J connectivity index is 1.38. The van der Waals surface area contributed by atoms with Gasteiger partial charge in [-0.1, -0.05) is 25.5 Å². The minimum Gasteiger partial charge on any atom is -0.338 e. The van der Waals surface area contributed by atoms with E-state index in [0.717, 1.165) is 55.7 Å². The van der Waals surface area contributed by atoms with Crippen LogP contribution in [-0.4, -0.2) is 51.1 Å². The fourth-order valence-corrected chi connectivity index (χ4v) is 4.34. The number of hydrogen-bond donors (Lipinski definition) is 4. The highest BCUT2D eigenvalue weighted by Crippen LogP contribution is 2.25. The SMILES string of the molecule is CCCCN(CCCN)Cc1ccn2ncnc(Nc3ccc(NC(=O)NC(=O)Cc4ccc(F)cc4)cc3)c12. The van der Waals surface area contributed by atoms with E-state index in [1.807, 2.05) is 22.8 Å². The molecular formula is C29H35FN8O2. The third-order valence-electron chi connectivity index (χ3n) is 6.37. The van der Waals surface area contributed by atoms with Crippen LogP contribution < -0.4 is 21.7 Å². The summed E-state index contributed by atoms with van der Waals surface area (Å²) in [6.07, 6.45) is 6.60. The predicted octanol–water partition coefficient (Wildman–Crippen LogP) is 4.45. The van der Waals surface area contributed by atoms with E-state index < -0.39 is 11.9 Å². The maximum Gasteiger partial charge on any atom is 0.325 e. The summed E-state index contributed by atoms with van der Waals surface area (Å²) >= 11 is 0. The molecule has 2 aromatic carbocycles. The molecule has 4 aromatic rings. The summed E-state index contributed by atoms with van der Waals surface area (Å²) < 4.78 is 14.9. The fourth-order valence-electron chi connectivity index (χ4n) is 4.34. The highest BCUT2D eigenvalue weighted by molar-refractivity contribution is 6.01. The van der Waals surface area contributed by atoms with Gasteiger partial charge in [-0.15, -0.1) is 0 Å². The zero-order chi connectivity index (χ0) is 28.3. The molecular weight excluding hydrogens is 511 g/mol. The van der Waals surface area contributed by atoms with Gasteiger partial charge in [-0.2, -0.15) is 5.10 Å². The van der Waals surface area contributed by atoms with E-state index in [4.69, 9.17) is 5.73 Å². The molecule has 0 bridgehead atoms. The molecule has 0 saturated carbocycles. The molecule has 0 aliphatic rings. The van der Waals surface area contributed by atoms with Gasteiger partial charge >= 0.3 is 6.03 Å². The van der Waals surface area contributed by atoms with Crippen molar-refractivity contribution in [3.8, 4) is 0 Å². The van der Waals surface area contributed by atoms with Crippen molar-refractivity contribution in [2.24, 2.45) is 5.73 Å². The second kappa shape index (κ2) is 14.2. The summed E-state index contributed by atoms with van der Waals surface area (Å²) in [6, 6.07) is 14.0. The van der Waals surface area contributed by atoms with Gasteiger partial charge in [-0.25, -0.2) is 18.7 Å². The van der Waals surface area contributed by atoms with E-state index >= 15 is 0 Å². The van der Waals surface area contributed by atoms with Crippen LogP contribution in [0.1, 0.15) is 37.3 Å². The predicted molar refractivity (Wildman–Crippen MR) is 154 cm³/mol. The number of unbranched alkanes of at least 4 members (excludes halogenated alkanes) is 1. The number of benzene rings is 2. The van der Waals surface area contributed by atoms with Crippen LogP contribution in [0.3, 0.4) is 0 Å². The van der Waals surface area contributed by atoms with Gasteiger partial charge in [0.25, 0.3) is 0 Å². The Kier molecular flexibility index (Phi) is 10.1. The first-order chi connectivity index (χ1) is 19.4. The van der Waals surface area contributed by atoms with Crippen molar-refractivity contribution in [2.75, 3.05) is 30.3 Å². The lowest BCUT2D eigenvalue weighted by Gasteiger charge is -2.22. The molecule has 2 heterocycles. The number of hydrogen-bond acceptors (Lipinski definition) is 7. The molecule has 11 heteroatoms. The number of imide groups is 1. The molecule has 3 amide bonds. The number of urea groups is 1. The number of nitrogens with one attached hydrogen (secondary N) is 3. The van der Waals surface area contributed by atoms with Crippen LogP contribution in [0.5, 0.6) is 0 Å². The molecule has 0 fully saturated rings. The fraction of sp³-hybridized carbons (Fsp3) is 0.310. The summed E-state index contributed by atoms with van der Waals surface area (Å²) in [5, 5.41) is 12.6. The average molecular weight is 547 g/mol. The van der Waals surface area contributed by atoms with E-state index in [1.54, 1.807) is 12.1 Å². The van der Waals surface area contributed by atoms with Crippen LogP contribution in [0.2, 0.25) is 0 Å². The van der Waals surface area contributed by atoms with Crippen molar-refractivity contribution in [3.63, 3.8) is 0 Å². The number of carbonyl (C=O) groups is 2. The van der Waals surface area contributed by atoms with Gasteiger partial charge in [0.05, 0.1) is 6.42 Å². The molecule has 5 N–H and O–H groups in total. The molecule has 0 aliphatic heterocycles. The van der Waals surface area contributed by atoms with Crippen molar-refractivity contribution in [3.05, 3.63) is 84.1 Å². The Morgan fingerprint density at radius 1 is 1.00 bits per heavy atom. The van der Waals surface area contributed by atoms with Crippen molar-refractivity contribution >= 4 is 34.6 Å². The Morgan fingerprint density at radius 2 is 1.73 bits per heavy atom. The number of aromatic nitrogens is 3. The Bertz CT molecular complexity index is 1400. The second-order valence-corrected chi connectivity index (χ2v) is 9.52. The lowest BCUT2D eigenvalue weighted by molar-refractivity contribution is -0.119. The number of nitrogens with zero attached hydrogens (tertiary/aromatic N) is 4. The van der Waals surface area contributed by atoms with E-state index in [-0.39, 0.29) is 12.2 Å². The number of nitrogens with two attached hydrogens (primary N) is 1. The van der Waals surface area contributed by atoms with Gasteiger partial charge in [0, 0.05) is 24.1 Å². The monoisotopic (exact) mass is 546 g/mol. The Hall–Kier alpha value is -4.35. The van der Waals surface area contributed by atoms with Gasteiger partial charge in [0.2, 0.25) is 5.91 Å². The number of rotatable bonds is 13. The normalized spacial score (nSPS) is 11.1. The molecule has 0 saturated heterocycles. The van der Waals surface area contributed by atoms with Gasteiger partial charge in [0.1, 0.15) is 17.7 Å². The van der Waals surface area contributed by atoms with Crippen LogP contribution in [0.4, 0.5) is 26.4 Å². The van der Waals surface area contributed by atoms with Crippen LogP contribution in [0.25, 0.3) is 5.52 Å². The lowest BCUT2D eigenvalue weighted by Crippen LogP contribution is -2.35. The smallest absolute Gasteiger partial charge is 0.325 e. The van der Waals surface area contributed by atoms with Gasteiger partial charge in [-0.05, 0) is 86.1 Å². The summed E-state index contributed by atoms with van der Waals surface area (Å²) in [7, 11) is 0. The third kappa shape index (κ3) is 8.08. The van der Waals surface area contributed by atoms with E-state index in [1.165, 1.54) is 30.6 Å². The zero-order valence-corrected chi connectivity index (χ0v) is 22.6. The number of amides is 3. The summed E-state index contributed by atoms with van der Waals surface area (Å²) in [5.74, 6) is -0.200. The highest BCUT2D eigenvalue weighted by Gasteiger charge is 2.14. The Labute approximate surface area is 232 Å². The first-order valence-electron chi connectivity index (χ1n) is 13.4. The molecule has 210 valence electrons. The standard InChI is InChI=1S/C29H35FN8O2/c1-2-3-15-37(16-4-14-31)19-22-13-17-38-27(22)28(32-20-33-38)34-24-9-11-25(12-10-24)35-29(40)36-26(39)18-21-5-7-23(30)8-6-21/h5-13,17,20H,2-4,14-16,18-19,31H2,1H3,(H,32,33,34)(H2,35,36,39,40). The largest absolute Gasteiger partial charge is 0.338 e. The molecule has 0 unspecified atom stereocenters. The quantitative estimate of drug-likeness (QED) is 0.195. The van der Waals surface area contributed by atoms with Crippen LogP contribution in [-0.2, 0) is 17.8 Å². The number of carbonyl (C=O) groups excluding carboxylic acids is 2. The Morgan fingerprint density at radius 3 is 2.45 bits per heavy atom. The van der Waals surface area contributed by atoms with E-state index in [9.17, 15) is 14.0 Å². The molecule has 2 aromatic heterocycles. The van der Waals surface area contributed by atoms with Gasteiger partial charge in [0.15, 0.2) is 5.82 Å². The van der Waals surface area contributed by atoms with Crippen molar-refractivity contribution < 1.29 is 14.0 Å². The molecule has 0 spiro atoms. The van der Waals surface area contributed by atoms with Crippen molar-refractivity contribution in [1.82, 2.24) is 24.8 Å². The maximum atomic E-state index is 13.0. The number of fused-ring (bicyclic) bond motifs is 1. The van der Waals surface area contributed by atoms with Crippen molar-refractivity contribution in [2.45, 2.75) is 39.2 Å². The summed E-state index contributed by atoms with van der Waals surface area (Å²) in [5.41, 5.74) is 9.68. The third-order valence-corrected chi connectivity index (χ3v) is 6.37. The van der Waals surface area contributed by atoms with Crippen LogP contribution >= 0.6 is 0 Å². The first kappa shape index (κ1) is 28.7. The minimum absolute atomic E-state index is 0.0327. The minimum atomic E-state index is -0.648. The molecule has 40 heavy (non-hydrogen) atoms. The summed E-state index contributed by atoms with van der Waals surface area (Å²) in [6.45, 7) is 5.56. The maximum absolute atomic E-state index is 13.0. The van der Waals surface area contributed by atoms with Crippen LogP contribution in [0, 0.1) is 5.82 Å². The number of halogens is 1. The lowest BCUT2D eigenvalue weighted by atomic mass is 10.1. The second-order valence-electron chi connectivity index (χ2n) is 9.52. The van der Waals surface area contributed by atoms with Crippen LogP contribution in [0.15, 0.2) is 67.1 Å². The molecule has 4 rings (SSSR count). The van der Waals surface area contributed by atoms with Gasteiger partial charge < -0.3 is 16.4 Å². The van der Waals surface area contributed by atoms with Crippen molar-refractivity contribution in [1.29, 1.82) is 0 Å². The van der Waals surface area contributed by atoms with E-state index in [0.29, 0.717) is 23.6 Å². The highest BCUT2D eigenvalue weighted by atomic mass is 19.1. The molecule has 0 atom stereocenters. The number of anilines is 3. The molecule has 0 radical (unpaired) electrons. The molecule has 10 nitrogen and oxygen atoms in total. The van der Waals surface area contributed by atoms with Gasteiger partial charge in [-0.3, -0.25) is 15.0 Å². The summed E-state index contributed by atoms with van der Waals surface area (Å²) in [4.78, 5) is 31.3. The first-order valence-corrected chi connectivity index (χ1v) is 13.4. The topological polar surface area (TPSA) is 130 Å².